The Morgan fingerprint density at radius 1 is 1.53 bits per heavy atom. The lowest BCUT2D eigenvalue weighted by atomic mass is 10.3. The molecule has 9 heteroatoms. The van der Waals surface area contributed by atoms with E-state index < -0.39 is 0 Å². The van der Waals surface area contributed by atoms with Gasteiger partial charge in [0.2, 0.25) is 5.91 Å². The van der Waals surface area contributed by atoms with Crippen molar-refractivity contribution in [3.05, 3.63) is 27.7 Å². The summed E-state index contributed by atoms with van der Waals surface area (Å²) in [5, 5.41) is 10.3. The average molecular weight is 365 g/mol. The molecular formula is C10H11BrClN5OS. The Morgan fingerprint density at radius 3 is 2.79 bits per heavy atom. The normalized spacial score (nSPS) is 9.79. The third kappa shape index (κ3) is 5.95. The molecule has 0 fully saturated rings. The lowest BCUT2D eigenvalue weighted by Crippen LogP contribution is -2.24. The summed E-state index contributed by atoms with van der Waals surface area (Å²) in [4.78, 5) is 15.1. The monoisotopic (exact) mass is 363 g/mol. The molecule has 0 heterocycles. The fraction of sp³-hybridized carbons (Fsp3) is 0.100. The number of hydrogen-bond acceptors (Lipinski definition) is 3. The van der Waals surface area contributed by atoms with E-state index in [2.05, 4.69) is 26.2 Å². The lowest BCUT2D eigenvalue weighted by molar-refractivity contribution is -0.113. The maximum absolute atomic E-state index is 11.6. The number of hydrogen-bond donors (Lipinski definition) is 4. The molecule has 0 aromatic heterocycles. The number of amidine groups is 1. The number of thioether (sulfide) groups is 1. The number of rotatable bonds is 3. The molecule has 6 N–H and O–H groups in total. The Labute approximate surface area is 127 Å². The Hall–Kier alpha value is -1.25. The average Bonchev–Trinajstić information content (AvgIpc) is 2.29. The van der Waals surface area contributed by atoms with E-state index in [1.807, 2.05) is 0 Å². The van der Waals surface area contributed by atoms with E-state index in [1.165, 1.54) is 0 Å². The molecular weight excluding hydrogens is 354 g/mol. The van der Waals surface area contributed by atoms with Gasteiger partial charge in [-0.05, 0) is 18.2 Å². The highest BCUT2D eigenvalue weighted by Crippen LogP contribution is 2.25. The quantitative estimate of drug-likeness (QED) is 0.484. The molecule has 0 bridgehead atoms. The number of amides is 1. The molecule has 0 aliphatic heterocycles. The fourth-order valence-electron chi connectivity index (χ4n) is 1.06. The van der Waals surface area contributed by atoms with E-state index in [1.54, 1.807) is 18.2 Å². The summed E-state index contributed by atoms with van der Waals surface area (Å²) in [5.41, 5.74) is 10.7. The van der Waals surface area contributed by atoms with E-state index in [-0.39, 0.29) is 22.8 Å². The molecule has 0 atom stereocenters. The van der Waals surface area contributed by atoms with Crippen LogP contribution in [0.15, 0.2) is 27.7 Å². The van der Waals surface area contributed by atoms with Crippen molar-refractivity contribution in [1.29, 1.82) is 5.41 Å². The zero-order valence-electron chi connectivity index (χ0n) is 9.61. The van der Waals surface area contributed by atoms with Gasteiger partial charge in [0.1, 0.15) is 0 Å². The number of carbonyl (C=O) groups is 1. The van der Waals surface area contributed by atoms with E-state index >= 15 is 0 Å². The Balaban J connectivity index is 2.52. The molecule has 0 saturated carbocycles. The van der Waals surface area contributed by atoms with Crippen molar-refractivity contribution in [2.45, 2.75) is 0 Å². The van der Waals surface area contributed by atoms with Crippen molar-refractivity contribution in [2.75, 3.05) is 11.1 Å². The molecule has 0 aliphatic carbocycles. The summed E-state index contributed by atoms with van der Waals surface area (Å²) >= 11 is 10.1. The second-order valence-electron chi connectivity index (χ2n) is 3.30. The first-order chi connectivity index (χ1) is 8.88. The van der Waals surface area contributed by atoms with Crippen LogP contribution in [0.2, 0.25) is 5.02 Å². The second kappa shape index (κ2) is 7.37. The van der Waals surface area contributed by atoms with Gasteiger partial charge in [-0.25, -0.2) is 0 Å². The minimum absolute atomic E-state index is 0.0159. The predicted molar refractivity (Wildman–Crippen MR) is 83.8 cm³/mol. The molecule has 1 amide bonds. The first kappa shape index (κ1) is 15.8. The highest BCUT2D eigenvalue weighted by molar-refractivity contribution is 9.10. The third-order valence-corrected chi connectivity index (χ3v) is 3.35. The summed E-state index contributed by atoms with van der Waals surface area (Å²) in [7, 11) is 0. The molecule has 1 rings (SSSR count). The van der Waals surface area contributed by atoms with Crippen molar-refractivity contribution in [3.63, 3.8) is 0 Å². The maximum atomic E-state index is 11.6. The second-order valence-corrected chi connectivity index (χ2v) is 5.59. The Morgan fingerprint density at radius 2 is 2.21 bits per heavy atom. The van der Waals surface area contributed by atoms with Gasteiger partial charge in [-0.1, -0.05) is 39.3 Å². The van der Waals surface area contributed by atoms with E-state index in [0.29, 0.717) is 10.7 Å². The summed E-state index contributed by atoms with van der Waals surface area (Å²) in [6.45, 7) is 0. The minimum atomic E-state index is -0.301. The van der Waals surface area contributed by atoms with E-state index in [0.717, 1.165) is 16.2 Å². The standard InChI is InChI=1S/C10H11BrClN5OS/c11-5-1-2-7(6(12)3-5)16-8(18)4-19-10(15)17-9(13)14/h1-3H,4H2,(H,16,18)(H5,13,14,15,17). The van der Waals surface area contributed by atoms with Crippen molar-refractivity contribution in [1.82, 2.24) is 0 Å². The summed E-state index contributed by atoms with van der Waals surface area (Å²) in [5.74, 6) is -0.499. The fourth-order valence-corrected chi connectivity index (χ4v) is 2.29. The largest absolute Gasteiger partial charge is 0.370 e. The highest BCUT2D eigenvalue weighted by atomic mass is 79.9. The topological polar surface area (TPSA) is 117 Å². The molecule has 0 aliphatic rings. The van der Waals surface area contributed by atoms with Gasteiger partial charge in [-0.2, -0.15) is 4.99 Å². The van der Waals surface area contributed by atoms with Crippen LogP contribution < -0.4 is 16.8 Å². The van der Waals surface area contributed by atoms with Crippen LogP contribution in [0.25, 0.3) is 0 Å². The maximum Gasteiger partial charge on any atom is 0.234 e. The van der Waals surface area contributed by atoms with Gasteiger partial charge in [0.05, 0.1) is 16.5 Å². The zero-order chi connectivity index (χ0) is 14.4. The van der Waals surface area contributed by atoms with Crippen LogP contribution in [0.5, 0.6) is 0 Å². The summed E-state index contributed by atoms with van der Waals surface area (Å²) < 4.78 is 0.819. The Kier molecular flexibility index (Phi) is 6.13. The van der Waals surface area contributed by atoms with Gasteiger partial charge < -0.3 is 16.8 Å². The van der Waals surface area contributed by atoms with Gasteiger partial charge in [-0.15, -0.1) is 0 Å². The molecule has 19 heavy (non-hydrogen) atoms. The number of aliphatic imine (C=N–C) groups is 1. The predicted octanol–water partition coefficient (Wildman–Crippen LogP) is 1.98. The van der Waals surface area contributed by atoms with Gasteiger partial charge in [0.25, 0.3) is 0 Å². The zero-order valence-corrected chi connectivity index (χ0v) is 12.8. The molecule has 1 aromatic rings. The third-order valence-electron chi connectivity index (χ3n) is 1.78. The van der Waals surface area contributed by atoms with Crippen LogP contribution in [-0.2, 0) is 4.79 Å². The number of nitrogens with one attached hydrogen (secondary N) is 2. The van der Waals surface area contributed by atoms with Crippen LogP contribution >= 0.6 is 39.3 Å². The van der Waals surface area contributed by atoms with Crippen LogP contribution in [-0.4, -0.2) is 22.8 Å². The molecule has 0 saturated heterocycles. The van der Waals surface area contributed by atoms with Gasteiger partial charge in [0, 0.05) is 4.47 Å². The minimum Gasteiger partial charge on any atom is -0.370 e. The number of carbonyl (C=O) groups excluding carboxylic acids is 1. The summed E-state index contributed by atoms with van der Waals surface area (Å²) in [6, 6.07) is 5.11. The van der Waals surface area contributed by atoms with Crippen LogP contribution in [0.3, 0.4) is 0 Å². The smallest absolute Gasteiger partial charge is 0.234 e. The van der Waals surface area contributed by atoms with Gasteiger partial charge >= 0.3 is 0 Å². The first-order valence-electron chi connectivity index (χ1n) is 4.94. The Bertz CT molecular complexity index is 533. The van der Waals surface area contributed by atoms with Crippen molar-refractivity contribution < 1.29 is 4.79 Å². The van der Waals surface area contributed by atoms with Gasteiger partial charge in [-0.3, -0.25) is 10.2 Å². The van der Waals surface area contributed by atoms with Crippen molar-refractivity contribution in [2.24, 2.45) is 16.5 Å². The van der Waals surface area contributed by atoms with Crippen LogP contribution in [0.1, 0.15) is 0 Å². The van der Waals surface area contributed by atoms with E-state index in [4.69, 9.17) is 28.5 Å². The summed E-state index contributed by atoms with van der Waals surface area (Å²) in [6.07, 6.45) is 0. The van der Waals surface area contributed by atoms with E-state index in [9.17, 15) is 4.79 Å². The van der Waals surface area contributed by atoms with Crippen molar-refractivity contribution in [3.8, 4) is 0 Å². The molecule has 102 valence electrons. The lowest BCUT2D eigenvalue weighted by Gasteiger charge is -2.07. The molecule has 0 spiro atoms. The van der Waals surface area contributed by atoms with Gasteiger partial charge in [0.15, 0.2) is 11.1 Å². The molecule has 0 unspecified atom stereocenters. The molecule has 1 aromatic carbocycles. The number of benzene rings is 1. The first-order valence-corrected chi connectivity index (χ1v) is 7.10. The number of nitrogens with two attached hydrogens (primary N) is 2. The number of guanidine groups is 1. The molecule has 0 radical (unpaired) electrons. The SMILES string of the molecule is N=C(N=C(N)N)SCC(=O)Nc1ccc(Br)cc1Cl. The number of anilines is 1. The number of nitrogens with zero attached hydrogens (tertiary/aromatic N) is 1. The van der Waals surface area contributed by atoms with Crippen molar-refractivity contribution >= 4 is 62.0 Å². The number of halogens is 2. The van der Waals surface area contributed by atoms with Crippen LogP contribution in [0.4, 0.5) is 5.69 Å². The molecule has 6 nitrogen and oxygen atoms in total. The highest BCUT2D eigenvalue weighted by Gasteiger charge is 2.08. The van der Waals surface area contributed by atoms with Crippen LogP contribution in [0, 0.1) is 5.41 Å².